The Hall–Kier alpha value is -1.42. The molecular weight excluding hydrogens is 345 g/mol. The van der Waals surface area contributed by atoms with E-state index >= 15 is 0 Å². The second-order valence-electron chi connectivity index (χ2n) is 5.82. The first-order valence-electron chi connectivity index (χ1n) is 7.98. The van der Waals surface area contributed by atoms with Gasteiger partial charge < -0.3 is 14.8 Å². The summed E-state index contributed by atoms with van der Waals surface area (Å²) in [4.78, 5) is 0. The molecule has 24 heavy (non-hydrogen) atoms. The molecule has 2 rings (SSSR count). The van der Waals surface area contributed by atoms with Crippen molar-refractivity contribution in [3.05, 3.63) is 57.6 Å². The Morgan fingerprint density at radius 2 is 1.79 bits per heavy atom. The highest BCUT2D eigenvalue weighted by Crippen LogP contribution is 2.33. The maximum atomic E-state index is 6.27. The third-order valence-electron chi connectivity index (χ3n) is 3.50. The van der Waals surface area contributed by atoms with Gasteiger partial charge in [-0.3, -0.25) is 0 Å². The van der Waals surface area contributed by atoms with E-state index in [2.05, 4.69) is 17.4 Å². The van der Waals surface area contributed by atoms with Crippen LogP contribution in [0.2, 0.25) is 10.0 Å². The molecule has 130 valence electrons. The minimum absolute atomic E-state index is 0.0572. The maximum absolute atomic E-state index is 6.27. The van der Waals surface area contributed by atoms with E-state index in [1.807, 2.05) is 32.0 Å². The minimum atomic E-state index is 0.0572. The summed E-state index contributed by atoms with van der Waals surface area (Å²) >= 11 is 12.4. The first-order chi connectivity index (χ1) is 11.5. The van der Waals surface area contributed by atoms with Crippen LogP contribution in [-0.2, 0) is 13.0 Å². The first-order valence-corrected chi connectivity index (χ1v) is 8.73. The average molecular weight is 368 g/mol. The third-order valence-corrected chi connectivity index (χ3v) is 4.00. The van der Waals surface area contributed by atoms with Crippen LogP contribution >= 0.6 is 23.2 Å². The van der Waals surface area contributed by atoms with Gasteiger partial charge in [0, 0.05) is 17.1 Å². The predicted molar refractivity (Wildman–Crippen MR) is 101 cm³/mol. The Morgan fingerprint density at radius 1 is 1.08 bits per heavy atom. The number of benzene rings is 2. The molecule has 0 bridgehead atoms. The number of halogens is 2. The summed E-state index contributed by atoms with van der Waals surface area (Å²) in [6.45, 7) is 5.45. The van der Waals surface area contributed by atoms with Crippen LogP contribution in [0.4, 0.5) is 0 Å². The Bertz CT molecular complexity index is 657. The quantitative estimate of drug-likeness (QED) is 0.656. The molecule has 1 N–H and O–H groups in total. The van der Waals surface area contributed by atoms with Gasteiger partial charge in [0.2, 0.25) is 0 Å². The van der Waals surface area contributed by atoms with Gasteiger partial charge in [0.25, 0.3) is 0 Å². The lowest BCUT2D eigenvalue weighted by atomic mass is 10.1. The number of ether oxygens (including phenoxy) is 2. The molecule has 0 atom stereocenters. The monoisotopic (exact) mass is 367 g/mol. The lowest BCUT2D eigenvalue weighted by Gasteiger charge is -2.17. The molecular formula is C19H23Cl2NO2. The fourth-order valence-corrected chi connectivity index (χ4v) is 2.94. The van der Waals surface area contributed by atoms with Crippen molar-refractivity contribution in [3.8, 4) is 11.5 Å². The molecule has 0 aliphatic rings. The molecule has 0 saturated carbocycles. The number of nitrogens with one attached hydrogen (secondary N) is 1. The van der Waals surface area contributed by atoms with Crippen molar-refractivity contribution in [2.45, 2.75) is 32.9 Å². The average Bonchev–Trinajstić information content (AvgIpc) is 2.55. The van der Waals surface area contributed by atoms with Crippen molar-refractivity contribution in [1.82, 2.24) is 5.32 Å². The molecule has 2 aromatic carbocycles. The second kappa shape index (κ2) is 9.16. The summed E-state index contributed by atoms with van der Waals surface area (Å²) in [6.07, 6.45) is 0.986. The van der Waals surface area contributed by atoms with E-state index in [1.54, 1.807) is 13.2 Å². The standard InChI is InChI=1S/C19H23Cl2NO2/c1-13(2)24-19-15(10-16(20)11-18(19)21)12-22-9-8-14-4-6-17(23-3)7-5-14/h4-7,10-11,13,22H,8-9,12H2,1-3H3. The van der Waals surface area contributed by atoms with E-state index in [0.29, 0.717) is 22.3 Å². The van der Waals surface area contributed by atoms with Crippen molar-refractivity contribution in [2.75, 3.05) is 13.7 Å². The van der Waals surface area contributed by atoms with Crippen molar-refractivity contribution >= 4 is 23.2 Å². The van der Waals surface area contributed by atoms with Gasteiger partial charge in [-0.1, -0.05) is 35.3 Å². The van der Waals surface area contributed by atoms with Gasteiger partial charge in [-0.25, -0.2) is 0 Å². The van der Waals surface area contributed by atoms with Gasteiger partial charge in [-0.2, -0.15) is 0 Å². The van der Waals surface area contributed by atoms with Gasteiger partial charge in [-0.15, -0.1) is 0 Å². The zero-order valence-electron chi connectivity index (χ0n) is 14.2. The molecule has 0 fully saturated rings. The van der Waals surface area contributed by atoms with E-state index in [1.165, 1.54) is 5.56 Å². The summed E-state index contributed by atoms with van der Waals surface area (Å²) in [7, 11) is 1.67. The molecule has 0 aliphatic heterocycles. The van der Waals surface area contributed by atoms with Gasteiger partial charge in [0.15, 0.2) is 0 Å². The Kier molecular flexibility index (Phi) is 7.22. The first kappa shape index (κ1) is 18.9. The molecule has 3 nitrogen and oxygen atoms in total. The van der Waals surface area contributed by atoms with Gasteiger partial charge in [0.05, 0.1) is 18.2 Å². The number of hydrogen-bond acceptors (Lipinski definition) is 3. The molecule has 0 unspecified atom stereocenters. The van der Waals surface area contributed by atoms with Crippen LogP contribution in [0.5, 0.6) is 11.5 Å². The van der Waals surface area contributed by atoms with Crippen LogP contribution < -0.4 is 14.8 Å². The van der Waals surface area contributed by atoms with Crippen molar-refractivity contribution in [2.24, 2.45) is 0 Å². The molecule has 5 heteroatoms. The van der Waals surface area contributed by atoms with Crippen molar-refractivity contribution < 1.29 is 9.47 Å². The highest BCUT2D eigenvalue weighted by atomic mass is 35.5. The summed E-state index contributed by atoms with van der Waals surface area (Å²) < 4.78 is 11.0. The minimum Gasteiger partial charge on any atom is -0.497 e. The van der Waals surface area contributed by atoms with Crippen LogP contribution in [-0.4, -0.2) is 19.8 Å². The van der Waals surface area contributed by atoms with E-state index in [-0.39, 0.29) is 6.10 Å². The van der Waals surface area contributed by atoms with Crippen molar-refractivity contribution in [1.29, 1.82) is 0 Å². The van der Waals surface area contributed by atoms with Gasteiger partial charge in [-0.05, 0) is 56.6 Å². The Balaban J connectivity index is 1.93. The molecule has 0 aliphatic carbocycles. The molecule has 2 aromatic rings. The van der Waals surface area contributed by atoms with E-state index in [9.17, 15) is 0 Å². The molecule has 0 saturated heterocycles. The van der Waals surface area contributed by atoms with Crippen LogP contribution in [0, 0.1) is 0 Å². The smallest absolute Gasteiger partial charge is 0.142 e. The molecule has 0 amide bonds. The predicted octanol–water partition coefficient (Wildman–Crippen LogP) is 5.12. The number of methoxy groups -OCH3 is 1. The second-order valence-corrected chi connectivity index (χ2v) is 6.66. The maximum Gasteiger partial charge on any atom is 0.142 e. The zero-order valence-corrected chi connectivity index (χ0v) is 15.7. The third kappa shape index (κ3) is 5.59. The molecule has 0 spiro atoms. The lowest BCUT2D eigenvalue weighted by molar-refractivity contribution is 0.239. The normalized spacial score (nSPS) is 10.9. The van der Waals surface area contributed by atoms with E-state index in [0.717, 1.165) is 24.3 Å². The summed E-state index contributed by atoms with van der Waals surface area (Å²) in [5.41, 5.74) is 2.22. The summed E-state index contributed by atoms with van der Waals surface area (Å²) in [6, 6.07) is 11.7. The van der Waals surface area contributed by atoms with Crippen molar-refractivity contribution in [3.63, 3.8) is 0 Å². The molecule has 0 aromatic heterocycles. The van der Waals surface area contributed by atoms with Crippen LogP contribution in [0.25, 0.3) is 0 Å². The topological polar surface area (TPSA) is 30.5 Å². The summed E-state index contributed by atoms with van der Waals surface area (Å²) in [5.74, 6) is 1.57. The largest absolute Gasteiger partial charge is 0.497 e. The SMILES string of the molecule is COc1ccc(CCNCc2cc(Cl)cc(Cl)c2OC(C)C)cc1. The molecule has 0 heterocycles. The van der Waals surface area contributed by atoms with Crippen LogP contribution in [0.3, 0.4) is 0 Å². The lowest BCUT2D eigenvalue weighted by Crippen LogP contribution is -2.18. The van der Waals surface area contributed by atoms with E-state index in [4.69, 9.17) is 32.7 Å². The number of hydrogen-bond donors (Lipinski definition) is 1. The van der Waals surface area contributed by atoms with Gasteiger partial charge in [0.1, 0.15) is 11.5 Å². The Morgan fingerprint density at radius 3 is 2.42 bits per heavy atom. The zero-order chi connectivity index (χ0) is 17.5. The highest BCUT2D eigenvalue weighted by molar-refractivity contribution is 6.35. The van der Waals surface area contributed by atoms with Gasteiger partial charge >= 0.3 is 0 Å². The highest BCUT2D eigenvalue weighted by Gasteiger charge is 2.12. The fourth-order valence-electron chi connectivity index (χ4n) is 2.36. The van der Waals surface area contributed by atoms with Crippen LogP contribution in [0.15, 0.2) is 36.4 Å². The number of rotatable bonds is 8. The van der Waals surface area contributed by atoms with E-state index < -0.39 is 0 Å². The Labute approximate surface area is 153 Å². The molecule has 0 radical (unpaired) electrons. The van der Waals surface area contributed by atoms with Crippen LogP contribution in [0.1, 0.15) is 25.0 Å². The fraction of sp³-hybridized carbons (Fsp3) is 0.368. The summed E-state index contributed by atoms with van der Waals surface area (Å²) in [5, 5.41) is 4.58.